The molecule has 0 bridgehead atoms. The molecule has 0 radical (unpaired) electrons. The van der Waals surface area contributed by atoms with Crippen molar-refractivity contribution >= 4 is 11.6 Å². The zero-order chi connectivity index (χ0) is 14.0. The van der Waals surface area contributed by atoms with Crippen molar-refractivity contribution < 1.29 is 0 Å². The van der Waals surface area contributed by atoms with Crippen LogP contribution in [0.2, 0.25) is 5.02 Å². The molecule has 0 unspecified atom stereocenters. The van der Waals surface area contributed by atoms with Gasteiger partial charge in [-0.3, -0.25) is 0 Å². The molecule has 0 atom stereocenters. The van der Waals surface area contributed by atoms with Gasteiger partial charge < -0.3 is 5.32 Å². The Morgan fingerprint density at radius 2 is 1.63 bits per heavy atom. The second kappa shape index (κ2) is 5.77. The molecule has 0 spiro atoms. The van der Waals surface area contributed by atoms with Crippen molar-refractivity contribution in [1.82, 2.24) is 5.32 Å². The van der Waals surface area contributed by atoms with E-state index in [1.54, 1.807) is 0 Å². The number of rotatable bonds is 3. The fraction of sp³-hybridized carbons (Fsp3) is 0.294. The van der Waals surface area contributed by atoms with Gasteiger partial charge in [-0.25, -0.2) is 0 Å². The molecule has 0 fully saturated rings. The molecule has 0 amide bonds. The summed E-state index contributed by atoms with van der Waals surface area (Å²) in [4.78, 5) is 0. The highest BCUT2D eigenvalue weighted by Gasteiger charge is 2.11. The van der Waals surface area contributed by atoms with Crippen LogP contribution < -0.4 is 5.32 Å². The van der Waals surface area contributed by atoms with Gasteiger partial charge in [0.25, 0.3) is 0 Å². The molecule has 0 aliphatic heterocycles. The zero-order valence-corrected chi connectivity index (χ0v) is 12.7. The normalized spacial score (nSPS) is 10.8. The lowest BCUT2D eigenvalue weighted by molar-refractivity contribution is 0.819. The number of hydrogen-bond donors (Lipinski definition) is 1. The first kappa shape index (κ1) is 14.1. The Morgan fingerprint density at radius 3 is 2.21 bits per heavy atom. The standard InChI is InChI=1S/C17H20ClN/c1-11-7-12(2)17(13(3)8-11)16-9-15(18)6-5-14(16)10-19-4/h5-9,19H,10H2,1-4H3. The zero-order valence-electron chi connectivity index (χ0n) is 12.0. The van der Waals surface area contributed by atoms with E-state index in [1.807, 2.05) is 13.1 Å². The van der Waals surface area contributed by atoms with Gasteiger partial charge in [0, 0.05) is 11.6 Å². The molecule has 2 aromatic carbocycles. The van der Waals surface area contributed by atoms with Crippen LogP contribution in [0.25, 0.3) is 11.1 Å². The molecule has 0 heterocycles. The fourth-order valence-corrected chi connectivity index (χ4v) is 2.90. The molecule has 0 aliphatic carbocycles. The minimum Gasteiger partial charge on any atom is -0.316 e. The molecule has 0 aliphatic rings. The summed E-state index contributed by atoms with van der Waals surface area (Å²) in [5.41, 5.74) is 7.72. The lowest BCUT2D eigenvalue weighted by Crippen LogP contribution is -2.07. The van der Waals surface area contributed by atoms with Crippen molar-refractivity contribution in [3.8, 4) is 11.1 Å². The molecule has 2 heteroatoms. The summed E-state index contributed by atoms with van der Waals surface area (Å²) in [6.07, 6.45) is 0. The van der Waals surface area contributed by atoms with Gasteiger partial charge in [-0.2, -0.15) is 0 Å². The highest BCUT2D eigenvalue weighted by molar-refractivity contribution is 6.30. The first-order chi connectivity index (χ1) is 9.02. The monoisotopic (exact) mass is 273 g/mol. The van der Waals surface area contributed by atoms with Crippen LogP contribution in [0.4, 0.5) is 0 Å². The first-order valence-electron chi connectivity index (χ1n) is 6.54. The number of nitrogens with one attached hydrogen (secondary N) is 1. The van der Waals surface area contributed by atoms with Crippen molar-refractivity contribution in [3.63, 3.8) is 0 Å². The minimum absolute atomic E-state index is 0.786. The summed E-state index contributed by atoms with van der Waals surface area (Å²) < 4.78 is 0. The third-order valence-corrected chi connectivity index (χ3v) is 3.62. The molecular formula is C17H20ClN. The third kappa shape index (κ3) is 2.99. The third-order valence-electron chi connectivity index (χ3n) is 3.39. The smallest absolute Gasteiger partial charge is 0.0412 e. The van der Waals surface area contributed by atoms with E-state index in [2.05, 4.69) is 50.4 Å². The van der Waals surface area contributed by atoms with Gasteiger partial charge >= 0.3 is 0 Å². The van der Waals surface area contributed by atoms with Crippen molar-refractivity contribution in [2.24, 2.45) is 0 Å². The van der Waals surface area contributed by atoms with E-state index in [-0.39, 0.29) is 0 Å². The molecule has 2 rings (SSSR count). The maximum absolute atomic E-state index is 6.18. The Bertz CT molecular complexity index is 579. The average molecular weight is 274 g/mol. The summed E-state index contributed by atoms with van der Waals surface area (Å²) in [6, 6.07) is 10.6. The van der Waals surface area contributed by atoms with E-state index in [4.69, 9.17) is 11.6 Å². The summed E-state index contributed by atoms with van der Waals surface area (Å²) in [7, 11) is 1.97. The molecular weight excluding hydrogens is 254 g/mol. The molecule has 100 valence electrons. The minimum atomic E-state index is 0.786. The van der Waals surface area contributed by atoms with Gasteiger partial charge in [-0.05, 0) is 67.8 Å². The van der Waals surface area contributed by atoms with Gasteiger partial charge in [0.1, 0.15) is 0 Å². The van der Waals surface area contributed by atoms with E-state index in [0.29, 0.717) is 0 Å². The number of aryl methyl sites for hydroxylation is 3. The Hall–Kier alpha value is -1.31. The van der Waals surface area contributed by atoms with Crippen LogP contribution in [0.5, 0.6) is 0 Å². The molecule has 0 saturated carbocycles. The van der Waals surface area contributed by atoms with E-state index >= 15 is 0 Å². The number of hydrogen-bond acceptors (Lipinski definition) is 1. The van der Waals surface area contributed by atoms with Gasteiger partial charge in [0.2, 0.25) is 0 Å². The highest BCUT2D eigenvalue weighted by atomic mass is 35.5. The quantitative estimate of drug-likeness (QED) is 0.858. The predicted molar refractivity (Wildman–Crippen MR) is 83.9 cm³/mol. The summed E-state index contributed by atoms with van der Waals surface area (Å²) in [5.74, 6) is 0. The van der Waals surface area contributed by atoms with Crippen LogP contribution in [0.3, 0.4) is 0 Å². The van der Waals surface area contributed by atoms with Gasteiger partial charge in [0.05, 0.1) is 0 Å². The average Bonchev–Trinajstić information content (AvgIpc) is 2.31. The highest BCUT2D eigenvalue weighted by Crippen LogP contribution is 2.33. The van der Waals surface area contributed by atoms with Crippen LogP contribution in [0.1, 0.15) is 22.3 Å². The molecule has 1 N–H and O–H groups in total. The topological polar surface area (TPSA) is 12.0 Å². The van der Waals surface area contributed by atoms with Crippen LogP contribution >= 0.6 is 11.6 Å². The summed E-state index contributed by atoms with van der Waals surface area (Å²) in [5, 5.41) is 4.01. The van der Waals surface area contributed by atoms with Crippen LogP contribution in [-0.2, 0) is 6.54 Å². The largest absolute Gasteiger partial charge is 0.316 e. The second-order valence-electron chi connectivity index (χ2n) is 5.11. The Morgan fingerprint density at radius 1 is 1.00 bits per heavy atom. The fourth-order valence-electron chi connectivity index (χ4n) is 2.73. The predicted octanol–water partition coefficient (Wildman–Crippen LogP) is 4.65. The lowest BCUT2D eigenvalue weighted by atomic mass is 9.91. The Labute approximate surface area is 120 Å². The molecule has 1 nitrogen and oxygen atoms in total. The van der Waals surface area contributed by atoms with E-state index < -0.39 is 0 Å². The van der Waals surface area contributed by atoms with Crippen LogP contribution in [0.15, 0.2) is 30.3 Å². The number of halogens is 1. The maximum atomic E-state index is 6.18. The summed E-state index contributed by atoms with van der Waals surface area (Å²) in [6.45, 7) is 7.31. The van der Waals surface area contributed by atoms with Gasteiger partial charge in [-0.1, -0.05) is 35.4 Å². The maximum Gasteiger partial charge on any atom is 0.0412 e. The Balaban J connectivity index is 2.67. The van der Waals surface area contributed by atoms with E-state index in [1.165, 1.54) is 33.4 Å². The Kier molecular flexibility index (Phi) is 4.28. The van der Waals surface area contributed by atoms with Gasteiger partial charge in [0.15, 0.2) is 0 Å². The van der Waals surface area contributed by atoms with Crippen LogP contribution in [0, 0.1) is 20.8 Å². The van der Waals surface area contributed by atoms with Crippen molar-refractivity contribution in [2.45, 2.75) is 27.3 Å². The van der Waals surface area contributed by atoms with E-state index in [9.17, 15) is 0 Å². The number of benzene rings is 2. The first-order valence-corrected chi connectivity index (χ1v) is 6.92. The molecule has 0 aromatic heterocycles. The van der Waals surface area contributed by atoms with Crippen LogP contribution in [-0.4, -0.2) is 7.05 Å². The van der Waals surface area contributed by atoms with Crippen molar-refractivity contribution in [3.05, 3.63) is 57.6 Å². The van der Waals surface area contributed by atoms with E-state index in [0.717, 1.165) is 11.6 Å². The van der Waals surface area contributed by atoms with Crippen molar-refractivity contribution in [2.75, 3.05) is 7.05 Å². The summed E-state index contributed by atoms with van der Waals surface area (Å²) >= 11 is 6.18. The second-order valence-corrected chi connectivity index (χ2v) is 5.54. The van der Waals surface area contributed by atoms with Gasteiger partial charge in [-0.15, -0.1) is 0 Å². The molecule has 2 aromatic rings. The van der Waals surface area contributed by atoms with Crippen molar-refractivity contribution in [1.29, 1.82) is 0 Å². The molecule has 0 saturated heterocycles. The lowest BCUT2D eigenvalue weighted by Gasteiger charge is -2.16. The molecule has 19 heavy (non-hydrogen) atoms. The SMILES string of the molecule is CNCc1ccc(Cl)cc1-c1c(C)cc(C)cc1C.